The van der Waals surface area contributed by atoms with Gasteiger partial charge in [0.1, 0.15) is 5.03 Å². The predicted octanol–water partition coefficient (Wildman–Crippen LogP) is 4.56. The van der Waals surface area contributed by atoms with Gasteiger partial charge in [-0.15, -0.1) is 11.8 Å². The number of aryl methyl sites for hydroxylation is 1. The number of fused-ring (bicyclic) bond motifs is 1. The Morgan fingerprint density at radius 1 is 1.09 bits per heavy atom. The van der Waals surface area contributed by atoms with Crippen molar-refractivity contribution >= 4 is 17.5 Å². The maximum absolute atomic E-state index is 4.80. The molecule has 3 rings (SSSR count). The van der Waals surface area contributed by atoms with Crippen LogP contribution in [0.15, 0.2) is 41.6 Å². The van der Waals surface area contributed by atoms with Crippen LogP contribution in [0.3, 0.4) is 0 Å². The first-order valence-electron chi connectivity index (χ1n) is 8.24. The third kappa shape index (κ3) is 3.27. The predicted molar refractivity (Wildman–Crippen MR) is 97.4 cm³/mol. The third-order valence-electron chi connectivity index (χ3n) is 4.09. The molecule has 0 unspecified atom stereocenters. The average Bonchev–Trinajstić information content (AvgIpc) is 2.97. The van der Waals surface area contributed by atoms with Gasteiger partial charge < -0.3 is 0 Å². The Labute approximate surface area is 142 Å². The smallest absolute Gasteiger partial charge is 0.235 e. The standard InChI is InChI=1S/C19H23N3S/c1-4-9-16-17(5-2)22-13-15(12-14-10-7-6-8-11-14)20-19(22)21-18(16)23-3/h6-8,10-11,13H,4-5,9,12H2,1-3H3. The van der Waals surface area contributed by atoms with Gasteiger partial charge in [0, 0.05) is 23.9 Å². The first kappa shape index (κ1) is 16.1. The monoisotopic (exact) mass is 325 g/mol. The van der Waals surface area contributed by atoms with E-state index in [4.69, 9.17) is 9.97 Å². The van der Waals surface area contributed by atoms with E-state index in [1.54, 1.807) is 11.8 Å². The molecular weight excluding hydrogens is 302 g/mol. The second kappa shape index (κ2) is 7.18. The van der Waals surface area contributed by atoms with E-state index in [-0.39, 0.29) is 0 Å². The lowest BCUT2D eigenvalue weighted by Crippen LogP contribution is -2.06. The van der Waals surface area contributed by atoms with Crippen molar-refractivity contribution in [3.05, 3.63) is 59.0 Å². The molecule has 2 heterocycles. The molecule has 0 atom stereocenters. The van der Waals surface area contributed by atoms with Crippen molar-refractivity contribution in [3.8, 4) is 0 Å². The molecule has 0 radical (unpaired) electrons. The van der Waals surface area contributed by atoms with E-state index in [0.717, 1.165) is 42.2 Å². The fourth-order valence-corrected chi connectivity index (χ4v) is 3.71. The number of thioether (sulfide) groups is 1. The molecule has 0 fully saturated rings. The van der Waals surface area contributed by atoms with Crippen molar-refractivity contribution in [2.45, 2.75) is 44.6 Å². The van der Waals surface area contributed by atoms with Crippen LogP contribution < -0.4 is 0 Å². The van der Waals surface area contributed by atoms with Gasteiger partial charge in [-0.2, -0.15) is 0 Å². The summed E-state index contributed by atoms with van der Waals surface area (Å²) in [5, 5.41) is 1.13. The van der Waals surface area contributed by atoms with Gasteiger partial charge in [0.2, 0.25) is 5.78 Å². The molecule has 3 nitrogen and oxygen atoms in total. The van der Waals surface area contributed by atoms with Gasteiger partial charge in [0.25, 0.3) is 0 Å². The van der Waals surface area contributed by atoms with Gasteiger partial charge in [0.15, 0.2) is 0 Å². The summed E-state index contributed by atoms with van der Waals surface area (Å²) in [4.78, 5) is 9.56. The Morgan fingerprint density at radius 2 is 1.87 bits per heavy atom. The highest BCUT2D eigenvalue weighted by Crippen LogP contribution is 2.25. The molecular formula is C19H23N3S. The van der Waals surface area contributed by atoms with E-state index < -0.39 is 0 Å². The Balaban J connectivity index is 2.07. The summed E-state index contributed by atoms with van der Waals surface area (Å²) in [6.07, 6.45) is 8.34. The van der Waals surface area contributed by atoms with Crippen molar-refractivity contribution in [3.63, 3.8) is 0 Å². The molecule has 0 aliphatic carbocycles. The average molecular weight is 325 g/mol. The lowest BCUT2D eigenvalue weighted by molar-refractivity contribution is 0.805. The zero-order chi connectivity index (χ0) is 16.2. The Morgan fingerprint density at radius 3 is 2.52 bits per heavy atom. The normalized spacial score (nSPS) is 11.3. The number of imidazole rings is 1. The first-order chi connectivity index (χ1) is 11.3. The van der Waals surface area contributed by atoms with Gasteiger partial charge in [-0.05, 0) is 24.7 Å². The number of hydrogen-bond donors (Lipinski definition) is 0. The third-order valence-corrected chi connectivity index (χ3v) is 4.82. The van der Waals surface area contributed by atoms with E-state index in [1.807, 2.05) is 6.07 Å². The second-order valence-corrected chi connectivity index (χ2v) is 6.51. The van der Waals surface area contributed by atoms with Crippen LogP contribution in [-0.4, -0.2) is 20.6 Å². The highest BCUT2D eigenvalue weighted by Gasteiger charge is 2.15. The fourth-order valence-electron chi connectivity index (χ4n) is 3.07. The van der Waals surface area contributed by atoms with Crippen LogP contribution in [0.2, 0.25) is 0 Å². The molecule has 2 aromatic heterocycles. The molecule has 0 aliphatic rings. The summed E-state index contributed by atoms with van der Waals surface area (Å²) in [5.41, 5.74) is 5.11. The fraction of sp³-hybridized carbons (Fsp3) is 0.368. The molecule has 1 aromatic carbocycles. The summed E-state index contributed by atoms with van der Waals surface area (Å²) in [6.45, 7) is 4.44. The molecule has 23 heavy (non-hydrogen) atoms. The van der Waals surface area contributed by atoms with E-state index in [0.29, 0.717) is 0 Å². The Bertz CT molecular complexity index is 793. The zero-order valence-electron chi connectivity index (χ0n) is 14.0. The van der Waals surface area contributed by atoms with Crippen molar-refractivity contribution in [2.24, 2.45) is 0 Å². The molecule has 0 N–H and O–H groups in total. The van der Waals surface area contributed by atoms with Gasteiger partial charge in [-0.25, -0.2) is 9.97 Å². The summed E-state index contributed by atoms with van der Waals surface area (Å²) < 4.78 is 2.20. The molecule has 0 aliphatic heterocycles. The van der Waals surface area contributed by atoms with Crippen LogP contribution in [0.4, 0.5) is 0 Å². The van der Waals surface area contributed by atoms with Gasteiger partial charge >= 0.3 is 0 Å². The van der Waals surface area contributed by atoms with Crippen molar-refractivity contribution < 1.29 is 0 Å². The second-order valence-electron chi connectivity index (χ2n) is 5.71. The highest BCUT2D eigenvalue weighted by atomic mass is 32.2. The van der Waals surface area contributed by atoms with Gasteiger partial charge in [0.05, 0.1) is 5.69 Å². The first-order valence-corrected chi connectivity index (χ1v) is 9.46. The topological polar surface area (TPSA) is 30.2 Å². The van der Waals surface area contributed by atoms with Gasteiger partial charge in [-0.1, -0.05) is 50.6 Å². The minimum Gasteiger partial charge on any atom is -0.288 e. The largest absolute Gasteiger partial charge is 0.288 e. The van der Waals surface area contributed by atoms with E-state index in [1.165, 1.54) is 16.8 Å². The van der Waals surface area contributed by atoms with Crippen LogP contribution in [0, 0.1) is 0 Å². The molecule has 0 amide bonds. The van der Waals surface area contributed by atoms with Crippen molar-refractivity contribution in [1.29, 1.82) is 0 Å². The van der Waals surface area contributed by atoms with Crippen molar-refractivity contribution in [1.82, 2.24) is 14.4 Å². The quantitative estimate of drug-likeness (QED) is 0.492. The molecule has 0 saturated heterocycles. The van der Waals surface area contributed by atoms with Crippen LogP contribution in [0.5, 0.6) is 0 Å². The Kier molecular flexibility index (Phi) is 5.01. The van der Waals surface area contributed by atoms with E-state index in [2.05, 4.69) is 55.0 Å². The SMILES string of the molecule is CCCc1c(SC)nc2nc(Cc3ccccc3)cn2c1CC. The van der Waals surface area contributed by atoms with Crippen LogP contribution in [0.25, 0.3) is 5.78 Å². The summed E-state index contributed by atoms with van der Waals surface area (Å²) in [7, 11) is 0. The number of hydrogen-bond acceptors (Lipinski definition) is 3. The summed E-state index contributed by atoms with van der Waals surface area (Å²) in [5.74, 6) is 0.831. The molecule has 3 aromatic rings. The van der Waals surface area contributed by atoms with E-state index in [9.17, 15) is 0 Å². The molecule has 0 spiro atoms. The lowest BCUT2D eigenvalue weighted by Gasteiger charge is -2.13. The lowest BCUT2D eigenvalue weighted by atomic mass is 10.1. The Hall–Kier alpha value is -1.81. The summed E-state index contributed by atoms with van der Waals surface area (Å²) >= 11 is 1.73. The summed E-state index contributed by atoms with van der Waals surface area (Å²) in [6, 6.07) is 10.5. The molecule has 120 valence electrons. The minimum atomic E-state index is 0.831. The number of aromatic nitrogens is 3. The van der Waals surface area contributed by atoms with E-state index >= 15 is 0 Å². The number of rotatable bonds is 6. The van der Waals surface area contributed by atoms with Crippen LogP contribution >= 0.6 is 11.8 Å². The number of nitrogens with zero attached hydrogens (tertiary/aromatic N) is 3. The van der Waals surface area contributed by atoms with Crippen molar-refractivity contribution in [2.75, 3.05) is 6.26 Å². The molecule has 4 heteroatoms. The minimum absolute atomic E-state index is 0.831. The molecule has 0 saturated carbocycles. The number of benzene rings is 1. The highest BCUT2D eigenvalue weighted by molar-refractivity contribution is 7.98. The van der Waals surface area contributed by atoms with Crippen LogP contribution in [0.1, 0.15) is 42.8 Å². The van der Waals surface area contributed by atoms with Gasteiger partial charge in [-0.3, -0.25) is 4.40 Å². The maximum Gasteiger partial charge on any atom is 0.235 e. The molecule has 0 bridgehead atoms. The zero-order valence-corrected chi connectivity index (χ0v) is 14.9. The maximum atomic E-state index is 4.80. The van der Waals surface area contributed by atoms with Crippen LogP contribution in [-0.2, 0) is 19.3 Å².